The summed E-state index contributed by atoms with van der Waals surface area (Å²) in [5, 5.41) is 15.7. The molecule has 2 N–H and O–H groups in total. The molecule has 0 radical (unpaired) electrons. The lowest BCUT2D eigenvalue weighted by molar-refractivity contribution is -0.116. The molecule has 1 aliphatic heterocycles. The second kappa shape index (κ2) is 6.25. The second-order valence-electron chi connectivity index (χ2n) is 8.85. The van der Waals surface area contributed by atoms with Crippen molar-refractivity contribution >= 4 is 11.7 Å². The molecule has 2 aromatic heterocycles. The summed E-state index contributed by atoms with van der Waals surface area (Å²) in [5.74, 6) is 0.966. The molecule has 1 fully saturated rings. The molecule has 1 atom stereocenters. The molecular formula is C20H29N5O. The lowest BCUT2D eigenvalue weighted by Gasteiger charge is -2.27. The number of hydrogen-bond acceptors (Lipinski definition) is 3. The van der Waals surface area contributed by atoms with Gasteiger partial charge in [-0.25, -0.2) is 4.68 Å². The van der Waals surface area contributed by atoms with Crippen molar-refractivity contribution in [3.05, 3.63) is 28.7 Å². The van der Waals surface area contributed by atoms with Gasteiger partial charge in [0.05, 0.1) is 17.4 Å². The first kappa shape index (κ1) is 17.3. The molecular weight excluding hydrogens is 326 g/mol. The Labute approximate surface area is 154 Å². The number of carbonyl (C=O) groups excluding carboxylic acids is 1. The third kappa shape index (κ3) is 2.95. The van der Waals surface area contributed by atoms with Crippen LogP contribution in [0.1, 0.15) is 93.9 Å². The van der Waals surface area contributed by atoms with Gasteiger partial charge in [-0.2, -0.15) is 10.2 Å². The summed E-state index contributed by atoms with van der Waals surface area (Å²) in [7, 11) is 0. The van der Waals surface area contributed by atoms with Crippen LogP contribution < -0.4 is 5.32 Å². The van der Waals surface area contributed by atoms with Crippen LogP contribution in [-0.2, 0) is 10.2 Å². The van der Waals surface area contributed by atoms with E-state index in [2.05, 4.69) is 54.0 Å². The highest BCUT2D eigenvalue weighted by Crippen LogP contribution is 2.42. The zero-order valence-corrected chi connectivity index (χ0v) is 16.2. The molecule has 0 aromatic carbocycles. The Bertz CT molecular complexity index is 820. The van der Waals surface area contributed by atoms with Gasteiger partial charge in [0.15, 0.2) is 0 Å². The van der Waals surface area contributed by atoms with E-state index in [1.807, 2.05) is 0 Å². The quantitative estimate of drug-likeness (QED) is 0.848. The fraction of sp³-hybridized carbons (Fsp3) is 0.650. The topological polar surface area (TPSA) is 75.6 Å². The summed E-state index contributed by atoms with van der Waals surface area (Å²) in [6, 6.07) is 2.52. The smallest absolute Gasteiger partial charge is 0.226 e. The Balaban J connectivity index is 1.75. The van der Waals surface area contributed by atoms with E-state index in [1.165, 1.54) is 19.3 Å². The minimum absolute atomic E-state index is 0.000287. The molecule has 0 spiro atoms. The van der Waals surface area contributed by atoms with Gasteiger partial charge in [0, 0.05) is 29.0 Å². The Morgan fingerprint density at radius 1 is 1.19 bits per heavy atom. The number of hydrogen-bond donors (Lipinski definition) is 2. The molecule has 2 aromatic rings. The van der Waals surface area contributed by atoms with Crippen molar-refractivity contribution in [3.8, 4) is 0 Å². The van der Waals surface area contributed by atoms with Crippen LogP contribution in [0.15, 0.2) is 6.07 Å². The largest absolute Gasteiger partial charge is 0.311 e. The van der Waals surface area contributed by atoms with Gasteiger partial charge >= 0.3 is 0 Å². The molecule has 1 saturated carbocycles. The summed E-state index contributed by atoms with van der Waals surface area (Å²) >= 11 is 0. The van der Waals surface area contributed by atoms with Crippen molar-refractivity contribution in [2.45, 2.75) is 83.6 Å². The standard InChI is InChI=1S/C20H29N5O/c1-12-18-14(15-11-16(23-22-15)20(2,3)4)10-17(26)21-19(18)25(24-12)13-8-6-5-7-9-13/h11,13-14H,5-10H2,1-4H3,(H,21,26)(H,22,23)/t14-/m0/s1. The van der Waals surface area contributed by atoms with E-state index in [9.17, 15) is 4.79 Å². The Kier molecular flexibility index (Phi) is 4.16. The van der Waals surface area contributed by atoms with Crippen molar-refractivity contribution in [1.29, 1.82) is 0 Å². The van der Waals surface area contributed by atoms with Crippen molar-refractivity contribution in [1.82, 2.24) is 20.0 Å². The van der Waals surface area contributed by atoms with Crippen LogP contribution >= 0.6 is 0 Å². The molecule has 0 unspecified atom stereocenters. The Hall–Kier alpha value is -2.11. The minimum atomic E-state index is -0.0180. The fourth-order valence-corrected chi connectivity index (χ4v) is 4.33. The number of aryl methyl sites for hydroxylation is 1. The molecule has 26 heavy (non-hydrogen) atoms. The summed E-state index contributed by atoms with van der Waals surface area (Å²) in [4.78, 5) is 12.5. The van der Waals surface area contributed by atoms with E-state index in [0.717, 1.165) is 41.3 Å². The Morgan fingerprint density at radius 2 is 1.92 bits per heavy atom. The average molecular weight is 355 g/mol. The summed E-state index contributed by atoms with van der Waals surface area (Å²) in [5.41, 5.74) is 4.19. The van der Waals surface area contributed by atoms with E-state index in [1.54, 1.807) is 0 Å². The van der Waals surface area contributed by atoms with Gasteiger partial charge in [-0.05, 0) is 25.8 Å². The van der Waals surface area contributed by atoms with Crippen LogP contribution in [0.3, 0.4) is 0 Å². The molecule has 140 valence electrons. The van der Waals surface area contributed by atoms with E-state index in [0.29, 0.717) is 12.5 Å². The maximum absolute atomic E-state index is 12.5. The van der Waals surface area contributed by atoms with Crippen LogP contribution in [0.25, 0.3) is 0 Å². The number of carbonyl (C=O) groups is 1. The number of aromatic nitrogens is 4. The van der Waals surface area contributed by atoms with Crippen LogP contribution in [0.4, 0.5) is 5.82 Å². The normalized spacial score (nSPS) is 21.5. The van der Waals surface area contributed by atoms with Crippen LogP contribution in [0.5, 0.6) is 0 Å². The maximum Gasteiger partial charge on any atom is 0.226 e. The highest BCUT2D eigenvalue weighted by atomic mass is 16.1. The predicted octanol–water partition coefficient (Wildman–Crippen LogP) is 4.19. The van der Waals surface area contributed by atoms with Crippen LogP contribution in [0, 0.1) is 6.92 Å². The van der Waals surface area contributed by atoms with Gasteiger partial charge in [0.2, 0.25) is 5.91 Å². The number of aromatic amines is 1. The van der Waals surface area contributed by atoms with E-state index < -0.39 is 0 Å². The highest BCUT2D eigenvalue weighted by Gasteiger charge is 2.35. The highest BCUT2D eigenvalue weighted by molar-refractivity contribution is 5.94. The van der Waals surface area contributed by atoms with Crippen LogP contribution in [0.2, 0.25) is 0 Å². The van der Waals surface area contributed by atoms with Crippen LogP contribution in [-0.4, -0.2) is 25.9 Å². The number of amides is 1. The zero-order valence-electron chi connectivity index (χ0n) is 16.2. The van der Waals surface area contributed by atoms with E-state index in [4.69, 9.17) is 5.10 Å². The van der Waals surface area contributed by atoms with Gasteiger partial charge < -0.3 is 5.32 Å². The van der Waals surface area contributed by atoms with E-state index >= 15 is 0 Å². The van der Waals surface area contributed by atoms with Crippen molar-refractivity contribution < 1.29 is 4.79 Å². The van der Waals surface area contributed by atoms with Crippen molar-refractivity contribution in [2.24, 2.45) is 0 Å². The second-order valence-corrected chi connectivity index (χ2v) is 8.85. The summed E-state index contributed by atoms with van der Waals surface area (Å²) in [6.45, 7) is 8.51. The SMILES string of the molecule is Cc1nn(C2CCCCC2)c2c1[C@H](c1cc(C(C)(C)C)n[nH]1)CC(=O)N2. The van der Waals surface area contributed by atoms with Gasteiger partial charge in [0.25, 0.3) is 0 Å². The molecule has 4 rings (SSSR count). The average Bonchev–Trinajstić information content (AvgIpc) is 3.20. The summed E-state index contributed by atoms with van der Waals surface area (Å²) in [6.07, 6.45) is 6.52. The number of rotatable bonds is 2. The summed E-state index contributed by atoms with van der Waals surface area (Å²) < 4.78 is 2.09. The molecule has 6 heteroatoms. The van der Waals surface area contributed by atoms with Gasteiger partial charge in [-0.15, -0.1) is 0 Å². The van der Waals surface area contributed by atoms with E-state index in [-0.39, 0.29) is 17.2 Å². The van der Waals surface area contributed by atoms with Crippen molar-refractivity contribution in [2.75, 3.05) is 5.32 Å². The lowest BCUT2D eigenvalue weighted by Crippen LogP contribution is -2.26. The molecule has 1 aliphatic carbocycles. The van der Waals surface area contributed by atoms with Gasteiger partial charge in [-0.1, -0.05) is 40.0 Å². The third-order valence-corrected chi connectivity index (χ3v) is 5.79. The monoisotopic (exact) mass is 355 g/mol. The molecule has 1 amide bonds. The number of nitrogens with zero attached hydrogens (tertiary/aromatic N) is 3. The molecule has 2 aliphatic rings. The minimum Gasteiger partial charge on any atom is -0.311 e. The van der Waals surface area contributed by atoms with Crippen molar-refractivity contribution in [3.63, 3.8) is 0 Å². The number of nitrogens with one attached hydrogen (secondary N) is 2. The first-order chi connectivity index (χ1) is 12.3. The van der Waals surface area contributed by atoms with Gasteiger partial charge in [-0.3, -0.25) is 9.89 Å². The lowest BCUT2D eigenvalue weighted by atomic mass is 9.86. The first-order valence-corrected chi connectivity index (χ1v) is 9.79. The maximum atomic E-state index is 12.5. The zero-order chi connectivity index (χ0) is 18.5. The predicted molar refractivity (Wildman–Crippen MR) is 101 cm³/mol. The molecule has 0 bridgehead atoms. The Morgan fingerprint density at radius 3 is 2.58 bits per heavy atom. The fourth-order valence-electron chi connectivity index (χ4n) is 4.33. The molecule has 3 heterocycles. The number of H-pyrrole nitrogens is 1. The molecule has 6 nitrogen and oxygen atoms in total. The number of fused-ring (bicyclic) bond motifs is 1. The van der Waals surface area contributed by atoms with Gasteiger partial charge in [0.1, 0.15) is 5.82 Å². The molecule has 0 saturated heterocycles. The first-order valence-electron chi connectivity index (χ1n) is 9.79. The number of anilines is 1. The third-order valence-electron chi connectivity index (χ3n) is 5.79.